The normalized spacial score (nSPS) is 11.5. The van der Waals surface area contributed by atoms with Crippen LogP contribution in [-0.2, 0) is 6.54 Å². The second-order valence-corrected chi connectivity index (χ2v) is 5.37. The van der Waals surface area contributed by atoms with E-state index in [0.717, 1.165) is 13.1 Å². The third-order valence-corrected chi connectivity index (χ3v) is 2.71. The molecule has 19 heavy (non-hydrogen) atoms. The molecule has 0 aromatic carbocycles. The molecule has 0 saturated carbocycles. The molecule has 0 aliphatic heterocycles. The molecular formula is C13H26N4O2. The molecule has 1 rings (SSSR count). The van der Waals surface area contributed by atoms with E-state index in [-0.39, 0.29) is 12.6 Å². The molecule has 0 bridgehead atoms. The highest BCUT2D eigenvalue weighted by Crippen LogP contribution is 2.15. The first-order valence-electron chi connectivity index (χ1n) is 6.95. The predicted octanol–water partition coefficient (Wildman–Crippen LogP) is 1.41. The van der Waals surface area contributed by atoms with Crippen molar-refractivity contribution in [1.82, 2.24) is 15.5 Å². The average molecular weight is 270 g/mol. The first-order valence-corrected chi connectivity index (χ1v) is 6.95. The topological polar surface area (TPSA) is 74.4 Å². The Morgan fingerprint density at radius 3 is 2.58 bits per heavy atom. The smallest absolute Gasteiger partial charge is 0.318 e. The molecule has 0 aliphatic rings. The van der Waals surface area contributed by atoms with Gasteiger partial charge in [0.25, 0.3) is 0 Å². The molecule has 2 N–H and O–H groups in total. The lowest BCUT2D eigenvalue weighted by Gasteiger charge is -2.23. The number of nitrogens with one attached hydrogen (secondary N) is 1. The van der Waals surface area contributed by atoms with E-state index in [9.17, 15) is 0 Å². The molecule has 0 unspecified atom stereocenters. The average Bonchev–Trinajstić information content (AvgIpc) is 2.77. The Balaban J connectivity index is 2.54. The minimum atomic E-state index is 0.167. The van der Waals surface area contributed by atoms with Crippen LogP contribution >= 0.6 is 0 Å². The maximum absolute atomic E-state index is 8.91. The SMILES string of the molecule is CC(C)CNCc1nnc(N(CCCO)C(C)C)o1. The number of rotatable bonds is 9. The Hall–Kier alpha value is -1.14. The molecule has 0 spiro atoms. The molecule has 0 saturated heterocycles. The van der Waals surface area contributed by atoms with E-state index in [1.165, 1.54) is 0 Å². The fourth-order valence-electron chi connectivity index (χ4n) is 1.72. The van der Waals surface area contributed by atoms with Gasteiger partial charge in [-0.25, -0.2) is 0 Å². The molecule has 0 atom stereocenters. The molecule has 1 heterocycles. The summed E-state index contributed by atoms with van der Waals surface area (Å²) in [6, 6.07) is 0.799. The summed E-state index contributed by atoms with van der Waals surface area (Å²) in [5, 5.41) is 20.3. The molecule has 0 radical (unpaired) electrons. The van der Waals surface area contributed by atoms with Crippen molar-refractivity contribution in [3.8, 4) is 0 Å². The Morgan fingerprint density at radius 2 is 2.00 bits per heavy atom. The Labute approximate surface area is 115 Å². The summed E-state index contributed by atoms with van der Waals surface area (Å²) < 4.78 is 5.65. The number of aromatic nitrogens is 2. The fraction of sp³-hybridized carbons (Fsp3) is 0.846. The first-order chi connectivity index (χ1) is 9.04. The van der Waals surface area contributed by atoms with Crippen LogP contribution in [0.3, 0.4) is 0 Å². The van der Waals surface area contributed by atoms with Gasteiger partial charge in [-0.15, -0.1) is 5.10 Å². The highest BCUT2D eigenvalue weighted by Gasteiger charge is 2.16. The summed E-state index contributed by atoms with van der Waals surface area (Å²) in [6.07, 6.45) is 0.696. The van der Waals surface area contributed by atoms with E-state index >= 15 is 0 Å². The molecule has 6 heteroatoms. The molecule has 0 aliphatic carbocycles. The van der Waals surface area contributed by atoms with Gasteiger partial charge in [-0.3, -0.25) is 0 Å². The van der Waals surface area contributed by atoms with Crippen LogP contribution in [0.25, 0.3) is 0 Å². The Bertz CT molecular complexity index is 352. The second-order valence-electron chi connectivity index (χ2n) is 5.37. The summed E-state index contributed by atoms with van der Waals surface area (Å²) in [7, 11) is 0. The lowest BCUT2D eigenvalue weighted by Crippen LogP contribution is -2.32. The minimum Gasteiger partial charge on any atom is -0.407 e. The molecule has 0 fully saturated rings. The maximum Gasteiger partial charge on any atom is 0.318 e. The van der Waals surface area contributed by atoms with Gasteiger partial charge >= 0.3 is 6.01 Å². The highest BCUT2D eigenvalue weighted by molar-refractivity contribution is 5.25. The van der Waals surface area contributed by atoms with E-state index in [1.54, 1.807) is 0 Å². The van der Waals surface area contributed by atoms with Gasteiger partial charge in [0.05, 0.1) is 6.54 Å². The zero-order chi connectivity index (χ0) is 14.3. The summed E-state index contributed by atoms with van der Waals surface area (Å²) in [6.45, 7) is 10.8. The van der Waals surface area contributed by atoms with Crippen molar-refractivity contribution in [2.75, 3.05) is 24.6 Å². The predicted molar refractivity (Wildman–Crippen MR) is 75.0 cm³/mol. The first kappa shape index (κ1) is 15.9. The van der Waals surface area contributed by atoms with Crippen molar-refractivity contribution in [3.05, 3.63) is 5.89 Å². The van der Waals surface area contributed by atoms with E-state index in [0.29, 0.717) is 30.8 Å². The quantitative estimate of drug-likeness (QED) is 0.707. The van der Waals surface area contributed by atoms with Gasteiger partial charge in [-0.2, -0.15) is 0 Å². The standard InChI is InChI=1S/C13H26N4O2/c1-10(2)8-14-9-12-15-16-13(19-12)17(11(3)4)6-5-7-18/h10-11,14,18H,5-9H2,1-4H3. The molecule has 6 nitrogen and oxygen atoms in total. The van der Waals surface area contributed by atoms with Crippen LogP contribution < -0.4 is 10.2 Å². The second kappa shape index (κ2) is 8.12. The third-order valence-electron chi connectivity index (χ3n) is 2.71. The van der Waals surface area contributed by atoms with Crippen LogP contribution in [0.2, 0.25) is 0 Å². The van der Waals surface area contributed by atoms with E-state index < -0.39 is 0 Å². The summed E-state index contributed by atoms with van der Waals surface area (Å²) in [5.41, 5.74) is 0. The number of anilines is 1. The maximum atomic E-state index is 8.91. The molecular weight excluding hydrogens is 244 g/mol. The number of hydrogen-bond acceptors (Lipinski definition) is 6. The van der Waals surface area contributed by atoms with Crippen LogP contribution in [0.15, 0.2) is 4.42 Å². The number of aliphatic hydroxyl groups is 1. The van der Waals surface area contributed by atoms with E-state index in [2.05, 4.69) is 43.2 Å². The van der Waals surface area contributed by atoms with Gasteiger partial charge in [0.2, 0.25) is 5.89 Å². The molecule has 1 aromatic heterocycles. The summed E-state index contributed by atoms with van der Waals surface area (Å²) in [5.74, 6) is 1.20. The zero-order valence-electron chi connectivity index (χ0n) is 12.4. The summed E-state index contributed by atoms with van der Waals surface area (Å²) in [4.78, 5) is 2.01. The van der Waals surface area contributed by atoms with Crippen LogP contribution in [-0.4, -0.2) is 41.0 Å². The van der Waals surface area contributed by atoms with Crippen molar-refractivity contribution >= 4 is 6.01 Å². The van der Waals surface area contributed by atoms with Crippen molar-refractivity contribution in [3.63, 3.8) is 0 Å². The lowest BCUT2D eigenvalue weighted by atomic mass is 10.2. The van der Waals surface area contributed by atoms with Crippen LogP contribution in [0.4, 0.5) is 6.01 Å². The molecule has 0 amide bonds. The van der Waals surface area contributed by atoms with Crippen molar-refractivity contribution in [2.45, 2.75) is 46.7 Å². The van der Waals surface area contributed by atoms with E-state index in [1.807, 2.05) is 4.90 Å². The molecule has 110 valence electrons. The van der Waals surface area contributed by atoms with Crippen LogP contribution in [0.1, 0.15) is 40.0 Å². The van der Waals surface area contributed by atoms with Crippen molar-refractivity contribution in [1.29, 1.82) is 0 Å². The van der Waals surface area contributed by atoms with Crippen molar-refractivity contribution in [2.24, 2.45) is 5.92 Å². The molecule has 1 aromatic rings. The highest BCUT2D eigenvalue weighted by atomic mass is 16.4. The van der Waals surface area contributed by atoms with Gasteiger partial charge < -0.3 is 19.7 Å². The number of nitrogens with zero attached hydrogens (tertiary/aromatic N) is 3. The van der Waals surface area contributed by atoms with Gasteiger partial charge in [-0.1, -0.05) is 18.9 Å². The van der Waals surface area contributed by atoms with Gasteiger partial charge in [-0.05, 0) is 32.7 Å². The van der Waals surface area contributed by atoms with Gasteiger partial charge in [0.15, 0.2) is 0 Å². The third kappa shape index (κ3) is 5.57. The van der Waals surface area contributed by atoms with Gasteiger partial charge in [0.1, 0.15) is 0 Å². The van der Waals surface area contributed by atoms with Crippen LogP contribution in [0, 0.1) is 5.92 Å². The number of hydrogen-bond donors (Lipinski definition) is 2. The number of aliphatic hydroxyl groups excluding tert-OH is 1. The zero-order valence-corrected chi connectivity index (χ0v) is 12.4. The Kier molecular flexibility index (Phi) is 6.80. The minimum absolute atomic E-state index is 0.167. The van der Waals surface area contributed by atoms with Crippen molar-refractivity contribution < 1.29 is 9.52 Å². The largest absolute Gasteiger partial charge is 0.407 e. The summed E-state index contributed by atoms with van der Waals surface area (Å²) >= 11 is 0. The Morgan fingerprint density at radius 1 is 1.26 bits per heavy atom. The monoisotopic (exact) mass is 270 g/mol. The van der Waals surface area contributed by atoms with Gasteiger partial charge in [0, 0.05) is 19.2 Å². The van der Waals surface area contributed by atoms with E-state index in [4.69, 9.17) is 9.52 Å². The van der Waals surface area contributed by atoms with Crippen LogP contribution in [0.5, 0.6) is 0 Å². The fourth-order valence-corrected chi connectivity index (χ4v) is 1.72. The lowest BCUT2D eigenvalue weighted by molar-refractivity contribution is 0.287.